The van der Waals surface area contributed by atoms with Gasteiger partial charge in [-0.05, 0) is 63.6 Å². The van der Waals surface area contributed by atoms with E-state index >= 15 is 0 Å². The molecule has 10 heteroatoms. The van der Waals surface area contributed by atoms with Crippen molar-refractivity contribution in [2.45, 2.75) is 40.3 Å². The Kier molecular flexibility index (Phi) is 6.61. The fraction of sp³-hybridized carbons (Fsp3) is 0.269. The first-order valence-electron chi connectivity index (χ1n) is 11.3. The molecule has 1 aliphatic heterocycles. The van der Waals surface area contributed by atoms with E-state index in [1.165, 1.54) is 31.4 Å². The van der Waals surface area contributed by atoms with E-state index < -0.39 is 35.6 Å². The molecule has 0 bridgehead atoms. The predicted octanol–water partition coefficient (Wildman–Crippen LogP) is 3.63. The summed E-state index contributed by atoms with van der Waals surface area (Å²) >= 11 is 0. The molecule has 3 heterocycles. The average molecular weight is 492 g/mol. The smallest absolute Gasteiger partial charge is 0.340 e. The van der Waals surface area contributed by atoms with Crippen LogP contribution >= 0.6 is 0 Å². The highest BCUT2D eigenvalue weighted by Gasteiger charge is 2.37. The van der Waals surface area contributed by atoms with E-state index in [0.29, 0.717) is 17.0 Å². The van der Waals surface area contributed by atoms with Crippen LogP contribution in [0.25, 0.3) is 0 Å². The number of ether oxygens (including phenoxy) is 2. The van der Waals surface area contributed by atoms with Crippen LogP contribution in [0.15, 0.2) is 41.0 Å². The van der Waals surface area contributed by atoms with E-state index in [-0.39, 0.29) is 41.1 Å². The highest BCUT2D eigenvalue weighted by Crippen LogP contribution is 2.27. The molecular formula is C26H24N2O8. The Morgan fingerprint density at radius 3 is 2.44 bits per heavy atom. The van der Waals surface area contributed by atoms with E-state index in [2.05, 4.69) is 4.98 Å². The van der Waals surface area contributed by atoms with E-state index in [9.17, 15) is 24.0 Å². The van der Waals surface area contributed by atoms with Crippen LogP contribution in [0.5, 0.6) is 0 Å². The van der Waals surface area contributed by atoms with Gasteiger partial charge in [0, 0.05) is 5.69 Å². The monoisotopic (exact) mass is 492 g/mol. The largest absolute Gasteiger partial charge is 0.467 e. The molecule has 1 atom stereocenters. The second-order valence-corrected chi connectivity index (χ2v) is 8.29. The molecule has 4 rings (SSSR count). The van der Waals surface area contributed by atoms with Crippen LogP contribution in [-0.4, -0.2) is 52.1 Å². The van der Waals surface area contributed by atoms with Gasteiger partial charge in [-0.1, -0.05) is 0 Å². The van der Waals surface area contributed by atoms with Crippen LogP contribution in [0.4, 0.5) is 0 Å². The second kappa shape index (κ2) is 9.65. The summed E-state index contributed by atoms with van der Waals surface area (Å²) < 4.78 is 15.6. The zero-order chi connectivity index (χ0) is 26.1. The Morgan fingerprint density at radius 1 is 1.06 bits per heavy atom. The van der Waals surface area contributed by atoms with Gasteiger partial charge in [-0.15, -0.1) is 0 Å². The molecule has 186 valence electrons. The van der Waals surface area contributed by atoms with E-state index in [4.69, 9.17) is 13.9 Å². The van der Waals surface area contributed by atoms with Gasteiger partial charge in [0.2, 0.25) is 5.78 Å². The van der Waals surface area contributed by atoms with Crippen molar-refractivity contribution in [3.05, 3.63) is 81.6 Å². The number of amides is 2. The van der Waals surface area contributed by atoms with E-state index in [1.807, 2.05) is 0 Å². The predicted molar refractivity (Wildman–Crippen MR) is 125 cm³/mol. The van der Waals surface area contributed by atoms with Crippen molar-refractivity contribution < 1.29 is 37.9 Å². The summed E-state index contributed by atoms with van der Waals surface area (Å²) in [6.07, 6.45) is 0.253. The Morgan fingerprint density at radius 2 is 1.78 bits per heavy atom. The molecule has 36 heavy (non-hydrogen) atoms. The number of aryl methyl sites for hydroxylation is 1. The Labute approximate surface area is 206 Å². The minimum absolute atomic E-state index is 0.0148. The summed E-state index contributed by atoms with van der Waals surface area (Å²) in [5.74, 6) is -2.53. The number of aromatic amines is 1. The van der Waals surface area contributed by atoms with Gasteiger partial charge in [-0.3, -0.25) is 19.3 Å². The molecule has 0 spiro atoms. The molecule has 0 saturated carbocycles. The first kappa shape index (κ1) is 24.6. The van der Waals surface area contributed by atoms with Crippen molar-refractivity contribution >= 4 is 29.5 Å². The quantitative estimate of drug-likeness (QED) is 0.286. The molecule has 1 aromatic carbocycles. The number of H-pyrrole nitrogens is 1. The Balaban J connectivity index is 1.49. The lowest BCUT2D eigenvalue weighted by Crippen LogP contribution is -2.28. The van der Waals surface area contributed by atoms with Gasteiger partial charge in [0.05, 0.1) is 47.4 Å². The van der Waals surface area contributed by atoms with Gasteiger partial charge >= 0.3 is 11.9 Å². The van der Waals surface area contributed by atoms with Crippen LogP contribution in [0, 0.1) is 13.8 Å². The lowest BCUT2D eigenvalue weighted by Gasteiger charge is -2.12. The van der Waals surface area contributed by atoms with Crippen molar-refractivity contribution in [2.24, 2.45) is 0 Å². The Hall–Kier alpha value is -4.47. The lowest BCUT2D eigenvalue weighted by molar-refractivity contribution is 0.0316. The molecule has 1 unspecified atom stereocenters. The van der Waals surface area contributed by atoms with Gasteiger partial charge in [0.1, 0.15) is 5.76 Å². The third-order valence-corrected chi connectivity index (χ3v) is 5.92. The van der Waals surface area contributed by atoms with Crippen LogP contribution in [0.3, 0.4) is 0 Å². The molecular weight excluding hydrogens is 468 g/mol. The summed E-state index contributed by atoms with van der Waals surface area (Å²) in [5.41, 5.74) is 1.51. The molecule has 0 fully saturated rings. The number of Topliss-reactive ketones (excluding diaryl/α,β-unsaturated/α-hetero) is 1. The molecule has 0 radical (unpaired) electrons. The Bertz CT molecular complexity index is 1380. The number of aromatic nitrogens is 1. The highest BCUT2D eigenvalue weighted by atomic mass is 16.5. The first-order valence-corrected chi connectivity index (χ1v) is 11.3. The molecule has 0 aliphatic carbocycles. The maximum atomic E-state index is 13.0. The van der Waals surface area contributed by atoms with Crippen molar-refractivity contribution in [1.82, 2.24) is 9.88 Å². The van der Waals surface area contributed by atoms with Gasteiger partial charge in [-0.2, -0.15) is 0 Å². The van der Waals surface area contributed by atoms with E-state index in [0.717, 1.165) is 4.90 Å². The molecule has 0 saturated heterocycles. The number of benzene rings is 1. The molecule has 2 aromatic heterocycles. The van der Waals surface area contributed by atoms with Crippen molar-refractivity contribution in [2.75, 3.05) is 6.61 Å². The highest BCUT2D eigenvalue weighted by molar-refractivity contribution is 6.21. The van der Waals surface area contributed by atoms with Crippen LogP contribution in [0.2, 0.25) is 0 Å². The van der Waals surface area contributed by atoms with Crippen molar-refractivity contribution in [1.29, 1.82) is 0 Å². The zero-order valence-corrected chi connectivity index (χ0v) is 20.2. The number of nitrogens with zero attached hydrogens (tertiary/aromatic N) is 1. The maximum absolute atomic E-state index is 13.0. The third kappa shape index (κ3) is 4.33. The van der Waals surface area contributed by atoms with Crippen LogP contribution in [0.1, 0.15) is 82.8 Å². The molecule has 1 N–H and O–H groups in total. The fourth-order valence-electron chi connectivity index (χ4n) is 4.11. The number of rotatable bonds is 8. The van der Waals surface area contributed by atoms with Crippen LogP contribution < -0.4 is 0 Å². The topological polar surface area (TPSA) is 136 Å². The number of ketones is 1. The number of furan rings is 1. The van der Waals surface area contributed by atoms with E-state index in [1.54, 1.807) is 32.9 Å². The number of esters is 2. The van der Waals surface area contributed by atoms with Crippen molar-refractivity contribution in [3.8, 4) is 0 Å². The number of imide groups is 1. The van der Waals surface area contributed by atoms with Gasteiger partial charge < -0.3 is 18.9 Å². The van der Waals surface area contributed by atoms with Gasteiger partial charge in [0.25, 0.3) is 11.8 Å². The number of carbonyl (C=O) groups is 5. The second-order valence-electron chi connectivity index (χ2n) is 8.29. The zero-order valence-electron chi connectivity index (χ0n) is 20.2. The molecule has 10 nitrogen and oxygen atoms in total. The standard InChI is InChI=1S/C26H24N2O8/c1-5-34-26(33)20-13(2)21(27-14(20)3)22(29)15(4)36-25(32)16-8-9-18-19(11-16)24(31)28(23(18)30)12-17-7-6-10-35-17/h6-11,15,27H,5,12H2,1-4H3. The molecule has 1 aliphatic rings. The third-order valence-electron chi connectivity index (χ3n) is 5.92. The van der Waals surface area contributed by atoms with Gasteiger partial charge in [0.15, 0.2) is 6.10 Å². The van der Waals surface area contributed by atoms with Crippen molar-refractivity contribution in [3.63, 3.8) is 0 Å². The number of hydrogen-bond donors (Lipinski definition) is 1. The minimum atomic E-state index is -1.19. The lowest BCUT2D eigenvalue weighted by atomic mass is 10.0. The first-order chi connectivity index (χ1) is 17.1. The van der Waals surface area contributed by atoms with Gasteiger partial charge in [-0.25, -0.2) is 9.59 Å². The summed E-state index contributed by atoms with van der Waals surface area (Å²) in [7, 11) is 0. The average Bonchev–Trinajstić information content (AvgIpc) is 3.53. The maximum Gasteiger partial charge on any atom is 0.340 e. The summed E-state index contributed by atoms with van der Waals surface area (Å²) in [4.78, 5) is 67.3. The fourth-order valence-corrected chi connectivity index (χ4v) is 4.11. The summed E-state index contributed by atoms with van der Waals surface area (Å²) in [6, 6.07) is 7.32. The number of carbonyl (C=O) groups excluding carboxylic acids is 5. The normalized spacial score (nSPS) is 13.5. The number of hydrogen-bond acceptors (Lipinski definition) is 8. The minimum Gasteiger partial charge on any atom is -0.467 e. The molecule has 3 aromatic rings. The SMILES string of the molecule is CCOC(=O)c1c(C)[nH]c(C(=O)C(C)OC(=O)c2ccc3c(c2)C(=O)N(Cc2ccco2)C3=O)c1C. The summed E-state index contributed by atoms with van der Waals surface area (Å²) in [6.45, 7) is 6.50. The number of fused-ring (bicyclic) bond motifs is 1. The number of nitrogens with one attached hydrogen (secondary N) is 1. The van der Waals surface area contributed by atoms with Crippen LogP contribution in [-0.2, 0) is 16.0 Å². The summed E-state index contributed by atoms with van der Waals surface area (Å²) in [5, 5.41) is 0. The molecule has 2 amide bonds.